The number of oxazole rings is 1. The summed E-state index contributed by atoms with van der Waals surface area (Å²) in [5, 5.41) is 5.96. The zero-order valence-corrected chi connectivity index (χ0v) is 20.7. The number of carbonyl (C=O) groups is 1. The minimum atomic E-state index is -0.278. The fourth-order valence-corrected chi connectivity index (χ4v) is 4.00. The maximum Gasteiger partial charge on any atom is 0.257 e. The molecule has 0 fully saturated rings. The second-order valence-corrected chi connectivity index (χ2v) is 9.01. The molecule has 0 saturated heterocycles. The van der Waals surface area contributed by atoms with Crippen molar-refractivity contribution in [1.29, 1.82) is 0 Å². The summed E-state index contributed by atoms with van der Waals surface area (Å²) in [6, 6.07) is 17.2. The highest BCUT2D eigenvalue weighted by atomic mass is 32.1. The van der Waals surface area contributed by atoms with Gasteiger partial charge in [-0.15, -0.1) is 0 Å². The molecular formula is C27H27N3O3S. The number of nitrogens with one attached hydrogen (secondary N) is 2. The van der Waals surface area contributed by atoms with Gasteiger partial charge in [0.15, 0.2) is 10.7 Å². The van der Waals surface area contributed by atoms with Crippen molar-refractivity contribution < 1.29 is 13.9 Å². The van der Waals surface area contributed by atoms with Crippen molar-refractivity contribution in [2.75, 3.05) is 12.4 Å². The van der Waals surface area contributed by atoms with Gasteiger partial charge < -0.3 is 14.5 Å². The summed E-state index contributed by atoms with van der Waals surface area (Å²) in [6.07, 6.45) is 0. The van der Waals surface area contributed by atoms with Gasteiger partial charge in [-0.3, -0.25) is 10.1 Å². The van der Waals surface area contributed by atoms with Crippen molar-refractivity contribution in [2.24, 2.45) is 0 Å². The van der Waals surface area contributed by atoms with Gasteiger partial charge in [0, 0.05) is 11.1 Å². The van der Waals surface area contributed by atoms with Crippen molar-refractivity contribution in [3.8, 4) is 17.2 Å². The van der Waals surface area contributed by atoms with E-state index < -0.39 is 0 Å². The molecule has 2 N–H and O–H groups in total. The minimum absolute atomic E-state index is 0.166. The molecule has 4 rings (SSSR count). The SMILES string of the molecule is COc1ccc(-c2nc3cc(C(C)C)ccc3o2)cc1NC(=S)NC(=O)c1cc(C)cc(C)c1. The Morgan fingerprint density at radius 3 is 2.44 bits per heavy atom. The van der Waals surface area contributed by atoms with Crippen LogP contribution in [0.2, 0.25) is 0 Å². The Hall–Kier alpha value is -3.71. The molecular weight excluding hydrogens is 446 g/mol. The Balaban J connectivity index is 1.57. The van der Waals surface area contributed by atoms with Crippen molar-refractivity contribution in [3.63, 3.8) is 0 Å². The molecule has 0 unspecified atom stereocenters. The van der Waals surface area contributed by atoms with Gasteiger partial charge in [-0.2, -0.15) is 0 Å². The van der Waals surface area contributed by atoms with Crippen LogP contribution in [0.4, 0.5) is 5.69 Å². The van der Waals surface area contributed by atoms with E-state index in [1.807, 2.05) is 56.3 Å². The van der Waals surface area contributed by atoms with Gasteiger partial charge in [-0.1, -0.05) is 37.1 Å². The summed E-state index contributed by atoms with van der Waals surface area (Å²) in [7, 11) is 1.57. The van der Waals surface area contributed by atoms with Crippen molar-refractivity contribution >= 4 is 40.0 Å². The second kappa shape index (κ2) is 9.65. The van der Waals surface area contributed by atoms with Crippen LogP contribution in [-0.4, -0.2) is 23.1 Å². The first kappa shape index (κ1) is 23.4. The van der Waals surface area contributed by atoms with Crippen LogP contribution in [0.25, 0.3) is 22.6 Å². The van der Waals surface area contributed by atoms with E-state index in [0.29, 0.717) is 28.8 Å². The van der Waals surface area contributed by atoms with Gasteiger partial charge in [-0.25, -0.2) is 4.98 Å². The van der Waals surface area contributed by atoms with Gasteiger partial charge in [0.25, 0.3) is 5.91 Å². The summed E-state index contributed by atoms with van der Waals surface area (Å²) in [4.78, 5) is 17.3. The second-order valence-electron chi connectivity index (χ2n) is 8.60. The molecule has 7 heteroatoms. The van der Waals surface area contributed by atoms with E-state index in [4.69, 9.17) is 21.4 Å². The van der Waals surface area contributed by atoms with E-state index >= 15 is 0 Å². The molecule has 34 heavy (non-hydrogen) atoms. The number of methoxy groups -OCH3 is 1. The van der Waals surface area contributed by atoms with Crippen LogP contribution in [0.1, 0.15) is 46.8 Å². The molecule has 0 spiro atoms. The average Bonchev–Trinajstić information content (AvgIpc) is 3.21. The predicted octanol–water partition coefficient (Wildman–Crippen LogP) is 6.37. The van der Waals surface area contributed by atoms with Gasteiger partial charge in [0.2, 0.25) is 5.89 Å². The summed E-state index contributed by atoms with van der Waals surface area (Å²) >= 11 is 5.40. The lowest BCUT2D eigenvalue weighted by Crippen LogP contribution is -2.34. The highest BCUT2D eigenvalue weighted by Crippen LogP contribution is 2.32. The lowest BCUT2D eigenvalue weighted by molar-refractivity contribution is 0.0977. The van der Waals surface area contributed by atoms with E-state index in [0.717, 1.165) is 27.8 Å². The van der Waals surface area contributed by atoms with E-state index in [9.17, 15) is 4.79 Å². The number of fused-ring (bicyclic) bond motifs is 1. The lowest BCUT2D eigenvalue weighted by Gasteiger charge is -2.14. The van der Waals surface area contributed by atoms with Gasteiger partial charge in [-0.05, 0) is 80.0 Å². The molecule has 0 bridgehead atoms. The van der Waals surface area contributed by atoms with Gasteiger partial charge >= 0.3 is 0 Å². The van der Waals surface area contributed by atoms with Gasteiger partial charge in [0.1, 0.15) is 11.3 Å². The number of ether oxygens (including phenoxy) is 1. The lowest BCUT2D eigenvalue weighted by atomic mass is 10.0. The van der Waals surface area contributed by atoms with Crippen molar-refractivity contribution in [1.82, 2.24) is 10.3 Å². The number of rotatable bonds is 5. The Morgan fingerprint density at radius 2 is 1.76 bits per heavy atom. The molecule has 174 valence electrons. The molecule has 0 aliphatic carbocycles. The Kier molecular flexibility index (Phi) is 6.65. The van der Waals surface area contributed by atoms with E-state index in [-0.39, 0.29) is 11.0 Å². The first-order valence-electron chi connectivity index (χ1n) is 11.0. The number of amides is 1. The van der Waals surface area contributed by atoms with Gasteiger partial charge in [0.05, 0.1) is 12.8 Å². The quantitative estimate of drug-likeness (QED) is 0.328. The molecule has 0 aliphatic heterocycles. The highest BCUT2D eigenvalue weighted by Gasteiger charge is 2.15. The summed E-state index contributed by atoms with van der Waals surface area (Å²) < 4.78 is 11.5. The molecule has 6 nitrogen and oxygen atoms in total. The monoisotopic (exact) mass is 473 g/mol. The fourth-order valence-electron chi connectivity index (χ4n) is 3.80. The van der Waals surface area contributed by atoms with E-state index in [1.165, 1.54) is 5.56 Å². The van der Waals surface area contributed by atoms with Crippen LogP contribution in [0.5, 0.6) is 5.75 Å². The number of benzene rings is 3. The van der Waals surface area contributed by atoms with Crippen LogP contribution in [-0.2, 0) is 0 Å². The number of aryl methyl sites for hydroxylation is 2. The van der Waals surface area contributed by atoms with Crippen LogP contribution < -0.4 is 15.4 Å². The minimum Gasteiger partial charge on any atom is -0.495 e. The number of aromatic nitrogens is 1. The predicted molar refractivity (Wildman–Crippen MR) is 140 cm³/mol. The zero-order valence-electron chi connectivity index (χ0n) is 19.9. The standard InChI is InChI=1S/C27H27N3O3S/c1-15(2)18-6-9-24-22(13-18)28-26(33-24)19-7-8-23(32-5)21(14-19)29-27(34)30-25(31)20-11-16(3)10-17(4)12-20/h6-15H,1-5H3,(H2,29,30,31,34). The molecule has 0 atom stereocenters. The van der Waals surface area contributed by atoms with Crippen LogP contribution in [0, 0.1) is 13.8 Å². The van der Waals surface area contributed by atoms with Crippen LogP contribution in [0.15, 0.2) is 59.0 Å². The Morgan fingerprint density at radius 1 is 1.03 bits per heavy atom. The summed E-state index contributed by atoms with van der Waals surface area (Å²) in [5.41, 5.74) is 6.66. The fraction of sp³-hybridized carbons (Fsp3) is 0.222. The van der Waals surface area contributed by atoms with Crippen molar-refractivity contribution in [2.45, 2.75) is 33.6 Å². The van der Waals surface area contributed by atoms with Crippen molar-refractivity contribution in [3.05, 3.63) is 76.9 Å². The molecule has 1 heterocycles. The Bertz CT molecular complexity index is 1370. The molecule has 4 aromatic rings. The third-order valence-corrected chi connectivity index (χ3v) is 5.69. The van der Waals surface area contributed by atoms with E-state index in [1.54, 1.807) is 13.2 Å². The maximum atomic E-state index is 12.7. The summed E-state index contributed by atoms with van der Waals surface area (Å²) in [6.45, 7) is 8.19. The van der Waals surface area contributed by atoms with Crippen LogP contribution >= 0.6 is 12.2 Å². The van der Waals surface area contributed by atoms with E-state index in [2.05, 4.69) is 35.5 Å². The first-order valence-corrected chi connectivity index (χ1v) is 11.4. The van der Waals surface area contributed by atoms with Crippen LogP contribution in [0.3, 0.4) is 0 Å². The molecule has 1 amide bonds. The smallest absolute Gasteiger partial charge is 0.257 e. The molecule has 0 saturated carbocycles. The topological polar surface area (TPSA) is 76.4 Å². The zero-order chi connectivity index (χ0) is 24.4. The number of thiocarbonyl (C=S) groups is 1. The Labute approximate surface area is 204 Å². The molecule has 3 aromatic carbocycles. The number of hydrogen-bond donors (Lipinski definition) is 2. The number of anilines is 1. The molecule has 1 aromatic heterocycles. The number of carbonyl (C=O) groups excluding carboxylic acids is 1. The largest absolute Gasteiger partial charge is 0.495 e. The normalized spacial score (nSPS) is 11.0. The number of hydrogen-bond acceptors (Lipinski definition) is 5. The first-order chi connectivity index (χ1) is 16.2. The maximum absolute atomic E-state index is 12.7. The summed E-state index contributed by atoms with van der Waals surface area (Å²) in [5.74, 6) is 1.19. The third kappa shape index (κ3) is 5.10. The third-order valence-electron chi connectivity index (χ3n) is 5.48. The molecule has 0 radical (unpaired) electrons. The molecule has 0 aliphatic rings. The number of nitrogens with zero attached hydrogens (tertiary/aromatic N) is 1. The average molecular weight is 474 g/mol. The highest BCUT2D eigenvalue weighted by molar-refractivity contribution is 7.80.